The summed E-state index contributed by atoms with van der Waals surface area (Å²) in [6.07, 6.45) is 0. The van der Waals surface area contributed by atoms with E-state index in [1.807, 2.05) is 48.5 Å². The zero-order valence-electron chi connectivity index (χ0n) is 25.0. The lowest BCUT2D eigenvalue weighted by molar-refractivity contribution is 0.436. The van der Waals surface area contributed by atoms with Crippen LogP contribution in [0.3, 0.4) is 0 Å². The molecule has 46 heavy (non-hydrogen) atoms. The maximum Gasteiger partial charge on any atom is 0.140 e. The predicted molar refractivity (Wildman–Crippen MR) is 184 cm³/mol. The molecule has 1 aliphatic heterocycles. The van der Waals surface area contributed by atoms with Crippen LogP contribution < -0.4 is 4.74 Å². The zero-order valence-corrected chi connectivity index (χ0v) is 25.0. The highest BCUT2D eigenvalue weighted by Gasteiger charge is 2.45. The summed E-state index contributed by atoms with van der Waals surface area (Å²) in [6, 6.07) is 60.6. The number of ether oxygens (including phenoxy) is 1. The maximum atomic E-state index is 9.39. The first-order valence-corrected chi connectivity index (χ1v) is 15.4. The number of pyridine rings is 1. The first-order valence-electron chi connectivity index (χ1n) is 15.4. The third-order valence-corrected chi connectivity index (χ3v) is 8.85. The van der Waals surface area contributed by atoms with Crippen molar-refractivity contribution in [1.82, 2.24) is 4.98 Å². The maximum absolute atomic E-state index is 9.39. The second kappa shape index (κ2) is 11.4. The minimum atomic E-state index is -0.603. The van der Waals surface area contributed by atoms with E-state index < -0.39 is 5.41 Å². The van der Waals surface area contributed by atoms with Gasteiger partial charge < -0.3 is 4.74 Å². The second-order valence-electron chi connectivity index (χ2n) is 11.4. The number of rotatable bonds is 5. The van der Waals surface area contributed by atoms with Gasteiger partial charge in [0.05, 0.1) is 28.4 Å². The number of fused-ring (bicyclic) bond motifs is 2. The van der Waals surface area contributed by atoms with Crippen molar-refractivity contribution < 1.29 is 4.74 Å². The summed E-state index contributed by atoms with van der Waals surface area (Å²) in [4.78, 5) is 5.10. The van der Waals surface area contributed by atoms with Crippen molar-refractivity contribution in [1.29, 1.82) is 5.26 Å². The highest BCUT2D eigenvalue weighted by molar-refractivity contribution is 5.83. The molecule has 0 radical (unpaired) electrons. The van der Waals surface area contributed by atoms with Gasteiger partial charge in [0.15, 0.2) is 0 Å². The number of para-hydroxylation sites is 2. The third-order valence-electron chi connectivity index (χ3n) is 8.85. The Morgan fingerprint density at radius 3 is 1.67 bits per heavy atom. The molecule has 8 rings (SSSR count). The van der Waals surface area contributed by atoms with Crippen LogP contribution in [0.4, 0.5) is 0 Å². The average molecular weight is 589 g/mol. The van der Waals surface area contributed by atoms with E-state index >= 15 is 0 Å². The van der Waals surface area contributed by atoms with Crippen LogP contribution in [-0.4, -0.2) is 4.98 Å². The SMILES string of the molecule is N#Cc1ccc(-c2cc(-c3cccc4c3Oc3ccccc3C4(c3ccccc3)c3ccccc3)cc(-c3ccccc3)n2)cc1. The zero-order chi connectivity index (χ0) is 30.9. The molecular weight excluding hydrogens is 560 g/mol. The number of benzene rings is 6. The quantitative estimate of drug-likeness (QED) is 0.201. The van der Waals surface area contributed by atoms with E-state index in [2.05, 4.69) is 127 Å². The minimum Gasteiger partial charge on any atom is -0.456 e. The van der Waals surface area contributed by atoms with Crippen LogP contribution in [0.2, 0.25) is 0 Å². The number of nitrogens with zero attached hydrogens (tertiary/aromatic N) is 2. The van der Waals surface area contributed by atoms with E-state index in [0.29, 0.717) is 5.56 Å². The number of hydrogen-bond donors (Lipinski definition) is 0. The molecule has 0 unspecified atom stereocenters. The lowest BCUT2D eigenvalue weighted by Crippen LogP contribution is -2.34. The average Bonchev–Trinajstić information content (AvgIpc) is 3.14. The summed E-state index contributed by atoms with van der Waals surface area (Å²) in [7, 11) is 0. The number of aromatic nitrogens is 1. The molecule has 1 aliphatic rings. The summed E-state index contributed by atoms with van der Waals surface area (Å²) >= 11 is 0. The Kier molecular flexibility index (Phi) is 6.74. The van der Waals surface area contributed by atoms with E-state index in [0.717, 1.165) is 56.3 Å². The van der Waals surface area contributed by atoms with Gasteiger partial charge in [-0.25, -0.2) is 4.98 Å². The molecule has 1 aromatic heterocycles. The molecule has 0 saturated heterocycles. The molecule has 2 heterocycles. The number of hydrogen-bond acceptors (Lipinski definition) is 3. The van der Waals surface area contributed by atoms with Gasteiger partial charge in [-0.1, -0.05) is 140 Å². The molecule has 0 saturated carbocycles. The molecule has 7 aromatic rings. The Morgan fingerprint density at radius 1 is 0.500 bits per heavy atom. The van der Waals surface area contributed by atoms with Crippen LogP contribution in [0.15, 0.2) is 170 Å². The van der Waals surface area contributed by atoms with E-state index in [1.165, 1.54) is 11.1 Å². The fourth-order valence-corrected chi connectivity index (χ4v) is 6.76. The van der Waals surface area contributed by atoms with Crippen molar-refractivity contribution in [3.05, 3.63) is 198 Å². The largest absolute Gasteiger partial charge is 0.456 e. The molecular formula is C43H28N2O. The summed E-state index contributed by atoms with van der Waals surface area (Å²) < 4.78 is 6.93. The summed E-state index contributed by atoms with van der Waals surface area (Å²) in [5.74, 6) is 1.66. The highest BCUT2D eigenvalue weighted by atomic mass is 16.5. The fourth-order valence-electron chi connectivity index (χ4n) is 6.76. The van der Waals surface area contributed by atoms with Gasteiger partial charge in [0.1, 0.15) is 11.5 Å². The lowest BCUT2D eigenvalue weighted by Gasteiger charge is -2.42. The van der Waals surface area contributed by atoms with E-state index in [4.69, 9.17) is 9.72 Å². The molecule has 0 aliphatic carbocycles. The monoisotopic (exact) mass is 588 g/mol. The molecule has 3 nitrogen and oxygen atoms in total. The van der Waals surface area contributed by atoms with Crippen LogP contribution in [0.25, 0.3) is 33.6 Å². The molecule has 3 heteroatoms. The van der Waals surface area contributed by atoms with Crippen LogP contribution in [-0.2, 0) is 5.41 Å². The highest BCUT2D eigenvalue weighted by Crippen LogP contribution is 2.57. The van der Waals surface area contributed by atoms with Crippen molar-refractivity contribution in [3.8, 4) is 51.2 Å². The molecule has 216 valence electrons. The van der Waals surface area contributed by atoms with Crippen molar-refractivity contribution in [3.63, 3.8) is 0 Å². The molecule has 6 aromatic carbocycles. The standard InChI is InChI=1S/C43H28N2O/c44-29-30-23-25-32(26-24-30)40-28-33(27-39(45-40)31-13-4-1-5-14-31)36-19-12-21-38-42(36)46-41-22-11-10-20-37(41)43(38,34-15-6-2-7-16-34)35-17-8-3-9-18-35/h1-28H. The van der Waals surface area contributed by atoms with Crippen molar-refractivity contribution in [2.75, 3.05) is 0 Å². The molecule has 0 fully saturated rings. The third kappa shape index (κ3) is 4.48. The van der Waals surface area contributed by atoms with Gasteiger partial charge >= 0.3 is 0 Å². The van der Waals surface area contributed by atoms with Gasteiger partial charge in [-0.15, -0.1) is 0 Å². The normalized spacial score (nSPS) is 12.7. The smallest absolute Gasteiger partial charge is 0.140 e. The Bertz CT molecular complexity index is 2180. The van der Waals surface area contributed by atoms with Crippen molar-refractivity contribution >= 4 is 0 Å². The Hall–Kier alpha value is -6.24. The molecule has 0 N–H and O–H groups in total. The van der Waals surface area contributed by atoms with Crippen LogP contribution in [0, 0.1) is 11.3 Å². The Labute approximate surface area is 268 Å². The van der Waals surface area contributed by atoms with Gasteiger partial charge in [-0.2, -0.15) is 5.26 Å². The minimum absolute atomic E-state index is 0.603. The van der Waals surface area contributed by atoms with Gasteiger partial charge in [0, 0.05) is 27.8 Å². The van der Waals surface area contributed by atoms with E-state index in [-0.39, 0.29) is 0 Å². The van der Waals surface area contributed by atoms with E-state index in [1.54, 1.807) is 0 Å². The Balaban J connectivity index is 1.42. The molecule has 0 bridgehead atoms. The van der Waals surface area contributed by atoms with Gasteiger partial charge in [-0.3, -0.25) is 0 Å². The van der Waals surface area contributed by atoms with Crippen LogP contribution >= 0.6 is 0 Å². The predicted octanol–water partition coefficient (Wildman–Crippen LogP) is 10.4. The summed E-state index contributed by atoms with van der Waals surface area (Å²) in [5.41, 5.74) is 10.2. The van der Waals surface area contributed by atoms with Gasteiger partial charge in [0.25, 0.3) is 0 Å². The summed E-state index contributed by atoms with van der Waals surface area (Å²) in [6.45, 7) is 0. The van der Waals surface area contributed by atoms with Crippen LogP contribution in [0.5, 0.6) is 11.5 Å². The molecule has 0 amide bonds. The Morgan fingerprint density at radius 2 is 1.04 bits per heavy atom. The fraction of sp³-hybridized carbons (Fsp3) is 0.0233. The van der Waals surface area contributed by atoms with Gasteiger partial charge in [0.2, 0.25) is 0 Å². The lowest BCUT2D eigenvalue weighted by atomic mass is 9.63. The van der Waals surface area contributed by atoms with Crippen LogP contribution in [0.1, 0.15) is 27.8 Å². The topological polar surface area (TPSA) is 45.9 Å². The molecule has 0 atom stereocenters. The van der Waals surface area contributed by atoms with E-state index in [9.17, 15) is 5.26 Å². The first-order chi connectivity index (χ1) is 22.8. The van der Waals surface area contributed by atoms with Crippen molar-refractivity contribution in [2.24, 2.45) is 0 Å². The molecule has 0 spiro atoms. The second-order valence-corrected chi connectivity index (χ2v) is 11.4. The van der Waals surface area contributed by atoms with Gasteiger partial charge in [-0.05, 0) is 47.0 Å². The first kappa shape index (κ1) is 27.3. The number of nitriles is 1. The van der Waals surface area contributed by atoms with Crippen molar-refractivity contribution in [2.45, 2.75) is 5.41 Å². The summed E-state index contributed by atoms with van der Waals surface area (Å²) in [5, 5.41) is 9.39.